The van der Waals surface area contributed by atoms with Crippen LogP contribution in [-0.2, 0) is 16.6 Å². The Morgan fingerprint density at radius 3 is 2.32 bits per heavy atom. The first-order chi connectivity index (χ1) is 15.0. The van der Waals surface area contributed by atoms with Gasteiger partial charge in [-0.05, 0) is 61.9 Å². The highest BCUT2D eigenvalue weighted by molar-refractivity contribution is 7.89. The van der Waals surface area contributed by atoms with Gasteiger partial charge < -0.3 is 9.80 Å². The number of hydrogen-bond acceptors (Lipinski definition) is 4. The van der Waals surface area contributed by atoms with Gasteiger partial charge in [0, 0.05) is 51.0 Å². The highest BCUT2D eigenvalue weighted by Crippen LogP contribution is 2.26. The Balaban J connectivity index is 1.52. The van der Waals surface area contributed by atoms with Gasteiger partial charge in [-0.3, -0.25) is 4.79 Å². The van der Waals surface area contributed by atoms with Gasteiger partial charge in [-0.2, -0.15) is 4.31 Å². The predicted octanol–water partition coefficient (Wildman–Crippen LogP) is 3.73. The second kappa shape index (κ2) is 9.40. The van der Waals surface area contributed by atoms with E-state index in [2.05, 4.69) is 17.0 Å². The number of carbonyl (C=O) groups excluding carboxylic acids is 1. The van der Waals surface area contributed by atoms with Crippen LogP contribution >= 0.6 is 0 Å². The van der Waals surface area contributed by atoms with Gasteiger partial charge in [-0.15, -0.1) is 0 Å². The molecule has 0 saturated carbocycles. The average molecular weight is 442 g/mol. The van der Waals surface area contributed by atoms with Gasteiger partial charge in [0.15, 0.2) is 0 Å². The number of carbonyl (C=O) groups is 1. The van der Waals surface area contributed by atoms with E-state index in [0.717, 1.165) is 31.5 Å². The van der Waals surface area contributed by atoms with Crippen molar-refractivity contribution in [2.75, 3.05) is 38.1 Å². The van der Waals surface area contributed by atoms with Crippen LogP contribution in [0.1, 0.15) is 48.0 Å². The number of sulfonamides is 1. The molecule has 0 atom stereocenters. The van der Waals surface area contributed by atoms with E-state index in [0.29, 0.717) is 25.2 Å². The Morgan fingerprint density at radius 2 is 1.58 bits per heavy atom. The van der Waals surface area contributed by atoms with E-state index in [9.17, 15) is 13.2 Å². The van der Waals surface area contributed by atoms with Gasteiger partial charge in [-0.25, -0.2) is 8.42 Å². The lowest BCUT2D eigenvalue weighted by molar-refractivity contribution is 0.0785. The number of amides is 1. The summed E-state index contributed by atoms with van der Waals surface area (Å²) in [6.45, 7) is 3.67. The maximum atomic E-state index is 13.1. The van der Waals surface area contributed by atoms with Crippen LogP contribution in [0.25, 0.3) is 0 Å². The van der Waals surface area contributed by atoms with Crippen LogP contribution in [0.15, 0.2) is 53.4 Å². The van der Waals surface area contributed by atoms with Crippen molar-refractivity contribution in [3.63, 3.8) is 0 Å². The van der Waals surface area contributed by atoms with Crippen molar-refractivity contribution < 1.29 is 13.2 Å². The molecule has 0 radical (unpaired) electrons. The summed E-state index contributed by atoms with van der Waals surface area (Å²) in [5.41, 5.74) is 2.70. The maximum absolute atomic E-state index is 13.1. The summed E-state index contributed by atoms with van der Waals surface area (Å²) in [6.07, 6.45) is 5.44. The molecule has 0 unspecified atom stereocenters. The van der Waals surface area contributed by atoms with Crippen molar-refractivity contribution in [3.8, 4) is 0 Å². The predicted molar refractivity (Wildman–Crippen MR) is 123 cm³/mol. The normalized spacial score (nSPS) is 17.6. The first kappa shape index (κ1) is 21.8. The molecule has 6 nitrogen and oxygen atoms in total. The minimum Gasteiger partial charge on any atom is -0.371 e. The fourth-order valence-corrected chi connectivity index (χ4v) is 6.07. The fourth-order valence-electron chi connectivity index (χ4n) is 4.50. The van der Waals surface area contributed by atoms with Crippen LogP contribution in [0, 0.1) is 0 Å². The molecule has 7 heteroatoms. The molecule has 31 heavy (non-hydrogen) atoms. The summed E-state index contributed by atoms with van der Waals surface area (Å²) in [4.78, 5) is 17.4. The van der Waals surface area contributed by atoms with Crippen molar-refractivity contribution in [1.82, 2.24) is 9.21 Å². The molecule has 2 aliphatic rings. The quantitative estimate of drug-likeness (QED) is 0.685. The zero-order valence-electron chi connectivity index (χ0n) is 18.2. The smallest absolute Gasteiger partial charge is 0.253 e. The van der Waals surface area contributed by atoms with E-state index in [1.807, 2.05) is 12.1 Å². The molecule has 2 aromatic rings. The van der Waals surface area contributed by atoms with Crippen LogP contribution in [0.3, 0.4) is 0 Å². The molecule has 0 bridgehead atoms. The minimum atomic E-state index is -3.54. The Hall–Kier alpha value is -2.38. The van der Waals surface area contributed by atoms with Gasteiger partial charge in [0.25, 0.3) is 5.91 Å². The van der Waals surface area contributed by atoms with Crippen LogP contribution in [0.2, 0.25) is 0 Å². The molecule has 2 saturated heterocycles. The number of para-hydroxylation sites is 1. The number of anilines is 1. The lowest BCUT2D eigenvalue weighted by Crippen LogP contribution is -2.32. The largest absolute Gasteiger partial charge is 0.371 e. The Morgan fingerprint density at radius 1 is 0.903 bits per heavy atom. The van der Waals surface area contributed by atoms with Crippen molar-refractivity contribution in [2.45, 2.75) is 43.5 Å². The third-order valence-electron chi connectivity index (χ3n) is 6.23. The fraction of sp³-hybridized carbons (Fsp3) is 0.458. The Labute approximate surface area is 185 Å². The molecular weight excluding hydrogens is 410 g/mol. The second-order valence-corrected chi connectivity index (χ2v) is 10.4. The minimum absolute atomic E-state index is 0.174. The number of nitrogens with zero attached hydrogens (tertiary/aromatic N) is 3. The van der Waals surface area contributed by atoms with Crippen LogP contribution in [-0.4, -0.2) is 56.8 Å². The summed E-state index contributed by atoms with van der Waals surface area (Å²) >= 11 is 0. The number of benzene rings is 2. The van der Waals surface area contributed by atoms with Crippen LogP contribution in [0.5, 0.6) is 0 Å². The zero-order valence-corrected chi connectivity index (χ0v) is 19.0. The first-order valence-electron chi connectivity index (χ1n) is 11.2. The van der Waals surface area contributed by atoms with Crippen molar-refractivity contribution in [2.24, 2.45) is 0 Å². The molecule has 0 aromatic heterocycles. The summed E-state index contributed by atoms with van der Waals surface area (Å²) in [6, 6.07) is 14.7. The van der Waals surface area contributed by atoms with Crippen LogP contribution < -0.4 is 4.90 Å². The van der Waals surface area contributed by atoms with Crippen molar-refractivity contribution in [3.05, 3.63) is 59.7 Å². The topological polar surface area (TPSA) is 60.9 Å². The van der Waals surface area contributed by atoms with Gasteiger partial charge in [0.2, 0.25) is 10.0 Å². The maximum Gasteiger partial charge on any atom is 0.253 e. The number of hydrogen-bond donors (Lipinski definition) is 0. The highest BCUT2D eigenvalue weighted by Gasteiger charge is 2.28. The zero-order chi connectivity index (χ0) is 21.8. The molecule has 2 aliphatic heterocycles. The summed E-state index contributed by atoms with van der Waals surface area (Å²) in [7, 11) is -1.77. The highest BCUT2D eigenvalue weighted by atomic mass is 32.2. The first-order valence-corrected chi connectivity index (χ1v) is 12.6. The molecule has 2 heterocycles. The van der Waals surface area contributed by atoms with E-state index in [1.165, 1.54) is 35.3 Å². The van der Waals surface area contributed by atoms with Gasteiger partial charge >= 0.3 is 0 Å². The Kier molecular flexibility index (Phi) is 6.62. The van der Waals surface area contributed by atoms with E-state index >= 15 is 0 Å². The molecule has 0 N–H and O–H groups in total. The third kappa shape index (κ3) is 4.77. The molecule has 0 spiro atoms. The lowest BCUT2D eigenvalue weighted by Gasteiger charge is -2.31. The summed E-state index contributed by atoms with van der Waals surface area (Å²) in [5, 5.41) is 0. The van der Waals surface area contributed by atoms with E-state index < -0.39 is 10.0 Å². The van der Waals surface area contributed by atoms with E-state index in [1.54, 1.807) is 30.1 Å². The summed E-state index contributed by atoms with van der Waals surface area (Å²) in [5.74, 6) is -0.174. The SMILES string of the molecule is CN(Cc1ccccc1N1CCCCC1)C(=O)c1cccc(S(=O)(=O)N2CCCC2)c1. The van der Waals surface area contributed by atoms with Crippen LogP contribution in [0.4, 0.5) is 5.69 Å². The molecule has 2 fully saturated rings. The summed E-state index contributed by atoms with van der Waals surface area (Å²) < 4.78 is 27.3. The number of piperidine rings is 1. The number of rotatable bonds is 6. The molecular formula is C24H31N3O3S. The molecule has 4 rings (SSSR count). The monoisotopic (exact) mass is 441 g/mol. The molecule has 1 amide bonds. The molecule has 2 aromatic carbocycles. The van der Waals surface area contributed by atoms with E-state index in [-0.39, 0.29) is 10.8 Å². The second-order valence-electron chi connectivity index (χ2n) is 8.48. The standard InChI is InChI=1S/C24H31N3O3S/c1-25(19-21-10-3-4-13-23(21)26-14-5-2-6-15-26)24(28)20-11-9-12-22(18-20)31(29,30)27-16-7-8-17-27/h3-4,9-13,18H,2,5-8,14-17,19H2,1H3. The molecule has 166 valence electrons. The molecule has 0 aliphatic carbocycles. The van der Waals surface area contributed by atoms with E-state index in [4.69, 9.17) is 0 Å². The Bertz CT molecular complexity index is 1030. The van der Waals surface area contributed by atoms with Gasteiger partial charge in [0.1, 0.15) is 0 Å². The van der Waals surface area contributed by atoms with Crippen molar-refractivity contribution in [1.29, 1.82) is 0 Å². The van der Waals surface area contributed by atoms with Gasteiger partial charge in [-0.1, -0.05) is 24.3 Å². The van der Waals surface area contributed by atoms with Crippen molar-refractivity contribution >= 4 is 21.6 Å². The lowest BCUT2D eigenvalue weighted by atomic mass is 10.1. The van der Waals surface area contributed by atoms with Gasteiger partial charge in [0.05, 0.1) is 4.90 Å². The average Bonchev–Trinajstić information content (AvgIpc) is 3.35. The third-order valence-corrected chi connectivity index (χ3v) is 8.12.